The molecule has 0 amide bonds. The van der Waals surface area contributed by atoms with Crippen LogP contribution in [0, 0.1) is 10.1 Å². The first-order valence-corrected chi connectivity index (χ1v) is 7.01. The molecule has 0 unspecified atom stereocenters. The minimum absolute atomic E-state index is 0.177. The van der Waals surface area contributed by atoms with E-state index in [0.717, 1.165) is 29.5 Å². The molecule has 7 nitrogen and oxygen atoms in total. The van der Waals surface area contributed by atoms with Crippen molar-refractivity contribution in [3.63, 3.8) is 0 Å². The molecule has 3 heterocycles. The Labute approximate surface area is 117 Å². The Kier molecular flexibility index (Phi) is 2.34. The summed E-state index contributed by atoms with van der Waals surface area (Å²) in [6, 6.07) is 1.38. The minimum atomic E-state index is -0.507. The normalized spacial score (nSPS) is 13.8. The second kappa shape index (κ2) is 4.07. The predicted molar refractivity (Wildman–Crippen MR) is 73.2 cm³/mol. The second-order valence-electron chi connectivity index (χ2n) is 4.61. The number of hydrogen-bond donors (Lipinski definition) is 0. The Balaban J connectivity index is 1.96. The average molecular weight is 287 g/mol. The topological polar surface area (TPSA) is 86.7 Å². The van der Waals surface area contributed by atoms with Crippen LogP contribution in [-0.4, -0.2) is 24.7 Å². The fraction of sp³-hybridized carbons (Fsp3) is 0.250. The van der Waals surface area contributed by atoms with Crippen LogP contribution in [-0.2, 0) is 12.8 Å². The van der Waals surface area contributed by atoms with Gasteiger partial charge in [0.15, 0.2) is 5.82 Å². The van der Waals surface area contributed by atoms with Gasteiger partial charge in [0, 0.05) is 4.88 Å². The van der Waals surface area contributed by atoms with E-state index in [1.54, 1.807) is 17.5 Å². The van der Waals surface area contributed by atoms with E-state index in [-0.39, 0.29) is 5.82 Å². The summed E-state index contributed by atoms with van der Waals surface area (Å²) in [5, 5.41) is 15.7. The van der Waals surface area contributed by atoms with Gasteiger partial charge in [0.1, 0.15) is 11.2 Å². The molecule has 3 aromatic heterocycles. The van der Waals surface area contributed by atoms with Crippen molar-refractivity contribution in [1.29, 1.82) is 0 Å². The van der Waals surface area contributed by atoms with E-state index in [9.17, 15) is 10.1 Å². The number of nitrogens with zero attached hydrogens (tertiary/aromatic N) is 5. The summed E-state index contributed by atoms with van der Waals surface area (Å²) in [6.07, 6.45) is 6.29. The van der Waals surface area contributed by atoms with Crippen molar-refractivity contribution < 1.29 is 4.92 Å². The van der Waals surface area contributed by atoms with Crippen LogP contribution >= 0.6 is 11.3 Å². The zero-order valence-corrected chi connectivity index (χ0v) is 11.1. The van der Waals surface area contributed by atoms with Crippen molar-refractivity contribution in [2.75, 3.05) is 0 Å². The van der Waals surface area contributed by atoms with Gasteiger partial charge in [-0.2, -0.15) is 0 Å². The summed E-state index contributed by atoms with van der Waals surface area (Å²) in [7, 11) is 0. The van der Waals surface area contributed by atoms with Crippen LogP contribution < -0.4 is 0 Å². The average Bonchev–Trinajstić information content (AvgIpc) is 3.13. The largest absolute Gasteiger partial charge is 0.390 e. The standard InChI is InChI=1S/C12H9N5O2S/c18-17(19)9-4-5-16(15-9)11-10-7-2-1-3-8(7)20-12(10)14-6-13-11/h4-6H,1-3H2. The molecule has 0 aliphatic heterocycles. The van der Waals surface area contributed by atoms with Crippen LogP contribution in [0.4, 0.5) is 5.82 Å². The molecule has 4 rings (SSSR count). The van der Waals surface area contributed by atoms with Crippen molar-refractivity contribution >= 4 is 27.4 Å². The molecule has 0 saturated carbocycles. The SMILES string of the molecule is O=[N+]([O-])c1ccn(-c2ncnc3sc4c(c23)CCC4)n1. The van der Waals surface area contributed by atoms with E-state index in [1.807, 2.05) is 0 Å². The Morgan fingerprint density at radius 1 is 1.35 bits per heavy atom. The fourth-order valence-electron chi connectivity index (χ4n) is 2.62. The first kappa shape index (κ1) is 11.5. The third-order valence-electron chi connectivity index (χ3n) is 3.46. The summed E-state index contributed by atoms with van der Waals surface area (Å²) in [5.74, 6) is 0.450. The lowest BCUT2D eigenvalue weighted by Crippen LogP contribution is -2.01. The highest BCUT2D eigenvalue weighted by Gasteiger charge is 2.23. The molecule has 0 fully saturated rings. The number of aromatic nitrogens is 4. The van der Waals surface area contributed by atoms with Crippen molar-refractivity contribution in [3.05, 3.63) is 39.1 Å². The molecule has 0 bridgehead atoms. The quantitative estimate of drug-likeness (QED) is 0.533. The highest BCUT2D eigenvalue weighted by Crippen LogP contribution is 2.38. The van der Waals surface area contributed by atoms with E-state index in [4.69, 9.17) is 0 Å². The van der Waals surface area contributed by atoms with E-state index in [1.165, 1.54) is 27.5 Å². The third-order valence-corrected chi connectivity index (χ3v) is 4.66. The fourth-order valence-corrected chi connectivity index (χ4v) is 3.84. The molecular weight excluding hydrogens is 278 g/mol. The third kappa shape index (κ3) is 1.54. The van der Waals surface area contributed by atoms with Gasteiger partial charge in [-0.05, 0) is 29.7 Å². The zero-order chi connectivity index (χ0) is 13.7. The minimum Gasteiger partial charge on any atom is -0.358 e. The lowest BCUT2D eigenvalue weighted by atomic mass is 10.2. The first-order valence-electron chi connectivity index (χ1n) is 6.20. The Hall–Kier alpha value is -2.35. The van der Waals surface area contributed by atoms with Gasteiger partial charge in [0.2, 0.25) is 0 Å². The predicted octanol–water partition coefficient (Wildman–Crippen LogP) is 2.27. The van der Waals surface area contributed by atoms with E-state index in [2.05, 4.69) is 15.1 Å². The maximum absolute atomic E-state index is 10.7. The van der Waals surface area contributed by atoms with E-state index in [0.29, 0.717) is 5.82 Å². The smallest absolute Gasteiger partial charge is 0.358 e. The number of nitro groups is 1. The van der Waals surface area contributed by atoms with Gasteiger partial charge in [-0.25, -0.2) is 9.97 Å². The first-order chi connectivity index (χ1) is 9.74. The van der Waals surface area contributed by atoms with Gasteiger partial charge in [-0.15, -0.1) is 16.0 Å². The van der Waals surface area contributed by atoms with Gasteiger partial charge in [0.05, 0.1) is 22.7 Å². The number of aryl methyl sites for hydroxylation is 2. The lowest BCUT2D eigenvalue weighted by Gasteiger charge is -2.00. The van der Waals surface area contributed by atoms with Gasteiger partial charge >= 0.3 is 5.82 Å². The van der Waals surface area contributed by atoms with Gasteiger partial charge < -0.3 is 10.1 Å². The summed E-state index contributed by atoms with van der Waals surface area (Å²) >= 11 is 1.68. The highest BCUT2D eigenvalue weighted by molar-refractivity contribution is 7.19. The molecule has 3 aromatic rings. The summed E-state index contributed by atoms with van der Waals surface area (Å²) in [4.78, 5) is 21.1. The molecule has 1 aliphatic carbocycles. The van der Waals surface area contributed by atoms with Crippen molar-refractivity contribution in [3.8, 4) is 5.82 Å². The number of thiophene rings is 1. The van der Waals surface area contributed by atoms with Crippen LogP contribution in [0.25, 0.3) is 16.0 Å². The van der Waals surface area contributed by atoms with Crippen molar-refractivity contribution in [1.82, 2.24) is 19.7 Å². The Bertz CT molecular complexity index is 838. The molecular formula is C12H9N5O2S. The maximum atomic E-state index is 10.7. The van der Waals surface area contributed by atoms with Crippen LogP contribution in [0.5, 0.6) is 0 Å². The number of rotatable bonds is 2. The molecule has 0 spiro atoms. The van der Waals surface area contributed by atoms with Crippen LogP contribution in [0.15, 0.2) is 18.6 Å². The second-order valence-corrected chi connectivity index (χ2v) is 5.69. The number of fused-ring (bicyclic) bond motifs is 3. The summed E-state index contributed by atoms with van der Waals surface area (Å²) in [5.41, 5.74) is 1.28. The van der Waals surface area contributed by atoms with Gasteiger partial charge in [-0.3, -0.25) is 0 Å². The summed E-state index contributed by atoms with van der Waals surface area (Å²) in [6.45, 7) is 0. The van der Waals surface area contributed by atoms with Gasteiger partial charge in [-0.1, -0.05) is 0 Å². The highest BCUT2D eigenvalue weighted by atomic mass is 32.1. The monoisotopic (exact) mass is 287 g/mol. The molecule has 0 radical (unpaired) electrons. The molecule has 1 aliphatic rings. The Morgan fingerprint density at radius 2 is 2.25 bits per heavy atom. The Morgan fingerprint density at radius 3 is 3.05 bits per heavy atom. The van der Waals surface area contributed by atoms with Crippen LogP contribution in [0.2, 0.25) is 0 Å². The van der Waals surface area contributed by atoms with E-state index >= 15 is 0 Å². The number of hydrogen-bond acceptors (Lipinski definition) is 6. The van der Waals surface area contributed by atoms with E-state index < -0.39 is 4.92 Å². The van der Waals surface area contributed by atoms with Crippen molar-refractivity contribution in [2.24, 2.45) is 0 Å². The van der Waals surface area contributed by atoms with Crippen LogP contribution in [0.3, 0.4) is 0 Å². The molecule has 0 atom stereocenters. The lowest BCUT2D eigenvalue weighted by molar-refractivity contribution is -0.389. The maximum Gasteiger partial charge on any atom is 0.390 e. The molecule has 0 saturated heterocycles. The molecule has 0 N–H and O–H groups in total. The zero-order valence-electron chi connectivity index (χ0n) is 10.3. The van der Waals surface area contributed by atoms with Gasteiger partial charge in [0.25, 0.3) is 0 Å². The molecule has 100 valence electrons. The molecule has 8 heteroatoms. The van der Waals surface area contributed by atoms with Crippen LogP contribution in [0.1, 0.15) is 16.9 Å². The summed E-state index contributed by atoms with van der Waals surface area (Å²) < 4.78 is 1.47. The van der Waals surface area contributed by atoms with Crippen molar-refractivity contribution in [2.45, 2.75) is 19.3 Å². The molecule has 0 aromatic carbocycles. The molecule has 20 heavy (non-hydrogen) atoms.